The maximum Gasteiger partial charge on any atom is 0.293 e. The van der Waals surface area contributed by atoms with Crippen molar-refractivity contribution in [2.24, 2.45) is 11.8 Å². The van der Waals surface area contributed by atoms with Crippen molar-refractivity contribution in [1.29, 1.82) is 0 Å². The number of aldehydes is 1. The third kappa shape index (κ3) is 2.61. The number of carbonyl (C=O) groups is 1. The SMILES string of the molecule is CC1CC1CNc1ccc(C=O)cc1[N+](=O)[O-]. The Labute approximate surface area is 99.0 Å². The van der Waals surface area contributed by atoms with Gasteiger partial charge in [-0.25, -0.2) is 0 Å². The Morgan fingerprint density at radius 2 is 2.29 bits per heavy atom. The second-order valence-electron chi connectivity index (χ2n) is 4.51. The molecule has 0 saturated heterocycles. The van der Waals surface area contributed by atoms with E-state index in [4.69, 9.17) is 0 Å². The van der Waals surface area contributed by atoms with Crippen molar-refractivity contribution in [3.8, 4) is 0 Å². The zero-order valence-corrected chi connectivity index (χ0v) is 9.55. The molecule has 1 aromatic carbocycles. The zero-order valence-electron chi connectivity index (χ0n) is 9.55. The van der Waals surface area contributed by atoms with E-state index in [9.17, 15) is 14.9 Å². The van der Waals surface area contributed by atoms with Gasteiger partial charge in [-0.15, -0.1) is 0 Å². The number of nitro groups is 1. The molecule has 1 saturated carbocycles. The van der Waals surface area contributed by atoms with E-state index in [1.807, 2.05) is 0 Å². The molecule has 0 radical (unpaired) electrons. The first-order valence-corrected chi connectivity index (χ1v) is 5.59. The van der Waals surface area contributed by atoms with Crippen LogP contribution in [0.3, 0.4) is 0 Å². The van der Waals surface area contributed by atoms with Gasteiger partial charge in [0.25, 0.3) is 5.69 Å². The Hall–Kier alpha value is -1.91. The summed E-state index contributed by atoms with van der Waals surface area (Å²) in [7, 11) is 0. The Kier molecular flexibility index (Phi) is 3.08. The van der Waals surface area contributed by atoms with Crippen LogP contribution >= 0.6 is 0 Å². The normalized spacial score (nSPS) is 21.9. The standard InChI is InChI=1S/C12H14N2O3/c1-8-4-10(8)6-13-11-3-2-9(7-15)5-12(11)14(16)17/h2-3,5,7-8,10,13H,4,6H2,1H3. The molecule has 0 heterocycles. The summed E-state index contributed by atoms with van der Waals surface area (Å²) in [6.07, 6.45) is 1.78. The van der Waals surface area contributed by atoms with Crippen molar-refractivity contribution in [1.82, 2.24) is 0 Å². The van der Waals surface area contributed by atoms with Gasteiger partial charge >= 0.3 is 0 Å². The average Bonchev–Trinajstić information content (AvgIpc) is 3.02. The fourth-order valence-electron chi connectivity index (χ4n) is 1.85. The maximum atomic E-state index is 10.9. The molecule has 0 aromatic heterocycles. The Balaban J connectivity index is 2.14. The molecule has 1 aliphatic carbocycles. The fourth-order valence-corrected chi connectivity index (χ4v) is 1.85. The van der Waals surface area contributed by atoms with Crippen molar-refractivity contribution in [2.75, 3.05) is 11.9 Å². The van der Waals surface area contributed by atoms with Crippen LogP contribution in [0.4, 0.5) is 11.4 Å². The predicted molar refractivity (Wildman–Crippen MR) is 64.2 cm³/mol. The maximum absolute atomic E-state index is 10.9. The number of nitrogens with one attached hydrogen (secondary N) is 1. The molecule has 17 heavy (non-hydrogen) atoms. The van der Waals surface area contributed by atoms with Gasteiger partial charge in [0.1, 0.15) is 12.0 Å². The molecule has 0 spiro atoms. The molecule has 1 fully saturated rings. The van der Waals surface area contributed by atoms with E-state index in [1.165, 1.54) is 12.5 Å². The van der Waals surface area contributed by atoms with Gasteiger partial charge in [0, 0.05) is 18.2 Å². The summed E-state index contributed by atoms with van der Waals surface area (Å²) in [6, 6.07) is 4.47. The van der Waals surface area contributed by atoms with E-state index >= 15 is 0 Å². The molecule has 90 valence electrons. The van der Waals surface area contributed by atoms with Crippen LogP contribution in [0.5, 0.6) is 0 Å². The smallest absolute Gasteiger partial charge is 0.293 e. The second kappa shape index (κ2) is 4.53. The highest BCUT2D eigenvalue weighted by Crippen LogP contribution is 2.38. The Morgan fingerprint density at radius 1 is 1.59 bits per heavy atom. The first-order valence-electron chi connectivity index (χ1n) is 5.59. The summed E-state index contributed by atoms with van der Waals surface area (Å²) in [4.78, 5) is 21.0. The van der Waals surface area contributed by atoms with E-state index in [0.29, 0.717) is 29.4 Å². The molecule has 1 N–H and O–H groups in total. The van der Waals surface area contributed by atoms with Crippen molar-refractivity contribution in [3.63, 3.8) is 0 Å². The Bertz CT molecular complexity index is 459. The summed E-state index contributed by atoms with van der Waals surface area (Å²) in [5.41, 5.74) is 0.768. The summed E-state index contributed by atoms with van der Waals surface area (Å²) >= 11 is 0. The summed E-state index contributed by atoms with van der Waals surface area (Å²) in [6.45, 7) is 2.92. The number of hydrogen-bond donors (Lipinski definition) is 1. The van der Waals surface area contributed by atoms with Crippen LogP contribution in [0.2, 0.25) is 0 Å². The second-order valence-corrected chi connectivity index (χ2v) is 4.51. The lowest BCUT2D eigenvalue weighted by atomic mass is 10.2. The highest BCUT2D eigenvalue weighted by atomic mass is 16.6. The predicted octanol–water partition coefficient (Wildman–Crippen LogP) is 2.48. The summed E-state index contributed by atoms with van der Waals surface area (Å²) in [5.74, 6) is 1.32. The number of nitrogens with zero attached hydrogens (tertiary/aromatic N) is 1. The van der Waals surface area contributed by atoms with E-state index in [2.05, 4.69) is 12.2 Å². The molecule has 1 aliphatic rings. The largest absolute Gasteiger partial charge is 0.379 e. The molecule has 2 unspecified atom stereocenters. The quantitative estimate of drug-likeness (QED) is 0.482. The third-order valence-corrected chi connectivity index (χ3v) is 3.19. The van der Waals surface area contributed by atoms with Gasteiger partial charge in [-0.3, -0.25) is 14.9 Å². The van der Waals surface area contributed by atoms with Crippen LogP contribution in [0.25, 0.3) is 0 Å². The number of benzene rings is 1. The number of carbonyl (C=O) groups excluding carboxylic acids is 1. The van der Waals surface area contributed by atoms with Gasteiger partial charge in [0.2, 0.25) is 0 Å². The molecule has 0 amide bonds. The van der Waals surface area contributed by atoms with Gasteiger partial charge in [0.05, 0.1) is 4.92 Å². The molecule has 2 atom stereocenters. The minimum absolute atomic E-state index is 0.0390. The molecular weight excluding hydrogens is 220 g/mol. The van der Waals surface area contributed by atoms with Crippen LogP contribution in [-0.4, -0.2) is 17.8 Å². The van der Waals surface area contributed by atoms with Crippen molar-refractivity contribution < 1.29 is 9.72 Å². The van der Waals surface area contributed by atoms with Crippen LogP contribution in [0.1, 0.15) is 23.7 Å². The molecule has 2 rings (SSSR count). The summed E-state index contributed by atoms with van der Waals surface area (Å²) in [5, 5.41) is 13.9. The molecule has 1 aromatic rings. The minimum atomic E-state index is -0.467. The molecule has 0 aliphatic heterocycles. The van der Waals surface area contributed by atoms with E-state index in [-0.39, 0.29) is 5.69 Å². The molecule has 0 bridgehead atoms. The summed E-state index contributed by atoms with van der Waals surface area (Å²) < 4.78 is 0. The van der Waals surface area contributed by atoms with Crippen molar-refractivity contribution >= 4 is 17.7 Å². The molecule has 5 nitrogen and oxygen atoms in total. The Morgan fingerprint density at radius 3 is 2.82 bits per heavy atom. The first kappa shape index (κ1) is 11.6. The average molecular weight is 234 g/mol. The highest BCUT2D eigenvalue weighted by molar-refractivity contribution is 5.79. The van der Waals surface area contributed by atoms with Gasteiger partial charge in [-0.1, -0.05) is 6.92 Å². The number of rotatable bonds is 5. The van der Waals surface area contributed by atoms with Crippen LogP contribution in [-0.2, 0) is 0 Å². The minimum Gasteiger partial charge on any atom is -0.379 e. The van der Waals surface area contributed by atoms with Gasteiger partial charge < -0.3 is 5.32 Å². The van der Waals surface area contributed by atoms with Gasteiger partial charge in [-0.2, -0.15) is 0 Å². The van der Waals surface area contributed by atoms with Crippen LogP contribution in [0.15, 0.2) is 18.2 Å². The van der Waals surface area contributed by atoms with Crippen molar-refractivity contribution in [3.05, 3.63) is 33.9 Å². The van der Waals surface area contributed by atoms with E-state index in [0.717, 1.165) is 6.54 Å². The van der Waals surface area contributed by atoms with E-state index < -0.39 is 4.92 Å². The fraction of sp³-hybridized carbons (Fsp3) is 0.417. The highest BCUT2D eigenvalue weighted by Gasteiger charge is 2.32. The van der Waals surface area contributed by atoms with Crippen LogP contribution in [0, 0.1) is 22.0 Å². The lowest BCUT2D eigenvalue weighted by Crippen LogP contribution is -2.07. The lowest BCUT2D eigenvalue weighted by Gasteiger charge is -2.06. The lowest BCUT2D eigenvalue weighted by molar-refractivity contribution is -0.384. The zero-order chi connectivity index (χ0) is 12.4. The van der Waals surface area contributed by atoms with Crippen LogP contribution < -0.4 is 5.32 Å². The first-order chi connectivity index (χ1) is 8.11. The number of hydrogen-bond acceptors (Lipinski definition) is 4. The topological polar surface area (TPSA) is 72.2 Å². The van der Waals surface area contributed by atoms with E-state index in [1.54, 1.807) is 12.1 Å². The monoisotopic (exact) mass is 234 g/mol. The van der Waals surface area contributed by atoms with Gasteiger partial charge in [-0.05, 0) is 30.4 Å². The number of anilines is 1. The molecule has 5 heteroatoms. The van der Waals surface area contributed by atoms with Crippen molar-refractivity contribution in [2.45, 2.75) is 13.3 Å². The van der Waals surface area contributed by atoms with Gasteiger partial charge in [0.15, 0.2) is 0 Å². The third-order valence-electron chi connectivity index (χ3n) is 3.19. The number of nitro benzene ring substituents is 1. The molecular formula is C12H14N2O3.